The van der Waals surface area contributed by atoms with Crippen molar-refractivity contribution in [3.8, 4) is 5.75 Å². The lowest BCUT2D eigenvalue weighted by Gasteiger charge is -2.17. The van der Waals surface area contributed by atoms with Crippen molar-refractivity contribution in [1.29, 1.82) is 0 Å². The Balaban J connectivity index is 1.98. The highest BCUT2D eigenvalue weighted by Gasteiger charge is 2.19. The summed E-state index contributed by atoms with van der Waals surface area (Å²) in [6.07, 6.45) is 3.68. The fraction of sp³-hybridized carbons (Fsp3) is 0.571. The molecule has 2 atom stereocenters. The van der Waals surface area contributed by atoms with Gasteiger partial charge in [0, 0.05) is 16.6 Å². The predicted octanol–water partition coefficient (Wildman–Crippen LogP) is 3.45. The average molecular weight is 315 g/mol. The Bertz CT molecular complexity index is 389. The highest BCUT2D eigenvalue weighted by molar-refractivity contribution is 9.10. The van der Waals surface area contributed by atoms with Crippen LogP contribution in [0.1, 0.15) is 37.4 Å². The SMILES string of the molecule is COc1ccc(Br)cc1C(O)CCC1CCCO1. The van der Waals surface area contributed by atoms with Gasteiger partial charge in [-0.25, -0.2) is 0 Å². The number of hydrogen-bond donors (Lipinski definition) is 1. The summed E-state index contributed by atoms with van der Waals surface area (Å²) in [6.45, 7) is 0.862. The van der Waals surface area contributed by atoms with Crippen molar-refractivity contribution >= 4 is 15.9 Å². The molecule has 2 rings (SSSR count). The lowest BCUT2D eigenvalue weighted by atomic mass is 10.0. The van der Waals surface area contributed by atoms with Gasteiger partial charge < -0.3 is 14.6 Å². The van der Waals surface area contributed by atoms with Gasteiger partial charge in [0.2, 0.25) is 0 Å². The van der Waals surface area contributed by atoms with Crippen LogP contribution in [0.5, 0.6) is 5.75 Å². The largest absolute Gasteiger partial charge is 0.496 e. The first-order chi connectivity index (χ1) is 8.70. The van der Waals surface area contributed by atoms with Crippen LogP contribution in [0.15, 0.2) is 22.7 Å². The first kappa shape index (κ1) is 13.8. The molecule has 1 aromatic rings. The monoisotopic (exact) mass is 314 g/mol. The molecule has 1 heterocycles. The van der Waals surface area contributed by atoms with Gasteiger partial charge >= 0.3 is 0 Å². The van der Waals surface area contributed by atoms with Crippen molar-refractivity contribution in [2.24, 2.45) is 0 Å². The summed E-state index contributed by atoms with van der Waals surface area (Å²) in [5.74, 6) is 0.734. The molecule has 3 nitrogen and oxygen atoms in total. The van der Waals surface area contributed by atoms with E-state index in [0.717, 1.165) is 41.7 Å². The standard InChI is InChI=1S/C14H19BrO3/c1-17-14-7-4-10(15)9-12(14)13(16)6-5-11-3-2-8-18-11/h4,7,9,11,13,16H,2-3,5-6,8H2,1H3. The van der Waals surface area contributed by atoms with Crippen molar-refractivity contribution in [2.45, 2.75) is 37.9 Å². The second-order valence-electron chi connectivity index (χ2n) is 4.61. The normalized spacial score (nSPS) is 20.9. The van der Waals surface area contributed by atoms with Crippen molar-refractivity contribution < 1.29 is 14.6 Å². The van der Waals surface area contributed by atoms with E-state index < -0.39 is 6.10 Å². The quantitative estimate of drug-likeness (QED) is 0.904. The van der Waals surface area contributed by atoms with Gasteiger partial charge in [0.05, 0.1) is 19.3 Å². The summed E-state index contributed by atoms with van der Waals surface area (Å²) in [6, 6.07) is 5.70. The first-order valence-electron chi connectivity index (χ1n) is 6.34. The summed E-state index contributed by atoms with van der Waals surface area (Å²) in [4.78, 5) is 0. The van der Waals surface area contributed by atoms with Crippen molar-refractivity contribution in [1.82, 2.24) is 0 Å². The van der Waals surface area contributed by atoms with Gasteiger partial charge in [0.25, 0.3) is 0 Å². The molecule has 0 saturated carbocycles. The minimum Gasteiger partial charge on any atom is -0.496 e. The zero-order valence-electron chi connectivity index (χ0n) is 10.6. The Kier molecular flexibility index (Phi) is 5.03. The van der Waals surface area contributed by atoms with E-state index in [0.29, 0.717) is 12.5 Å². The lowest BCUT2D eigenvalue weighted by Crippen LogP contribution is -2.08. The maximum absolute atomic E-state index is 10.3. The number of aliphatic hydroxyl groups excluding tert-OH is 1. The molecule has 0 aliphatic carbocycles. The fourth-order valence-corrected chi connectivity index (χ4v) is 2.72. The number of aliphatic hydroxyl groups is 1. The number of methoxy groups -OCH3 is 1. The van der Waals surface area contributed by atoms with E-state index in [9.17, 15) is 5.11 Å². The smallest absolute Gasteiger partial charge is 0.124 e. The van der Waals surface area contributed by atoms with E-state index in [4.69, 9.17) is 9.47 Å². The Morgan fingerprint density at radius 1 is 1.56 bits per heavy atom. The van der Waals surface area contributed by atoms with Crippen LogP contribution in [-0.2, 0) is 4.74 Å². The molecule has 100 valence electrons. The van der Waals surface area contributed by atoms with Crippen LogP contribution < -0.4 is 4.74 Å². The van der Waals surface area contributed by atoms with Gasteiger partial charge in [-0.3, -0.25) is 0 Å². The van der Waals surface area contributed by atoms with Crippen LogP contribution in [0.3, 0.4) is 0 Å². The van der Waals surface area contributed by atoms with Crippen molar-refractivity contribution in [3.05, 3.63) is 28.2 Å². The van der Waals surface area contributed by atoms with Gasteiger partial charge in [-0.15, -0.1) is 0 Å². The summed E-state index contributed by atoms with van der Waals surface area (Å²) in [5, 5.41) is 10.3. The Hall–Kier alpha value is -0.580. The molecule has 4 heteroatoms. The third-order valence-electron chi connectivity index (χ3n) is 3.34. The van der Waals surface area contributed by atoms with Crippen molar-refractivity contribution in [2.75, 3.05) is 13.7 Å². The number of hydrogen-bond acceptors (Lipinski definition) is 3. The molecule has 0 spiro atoms. The van der Waals surface area contributed by atoms with E-state index in [-0.39, 0.29) is 0 Å². The van der Waals surface area contributed by atoms with E-state index in [2.05, 4.69) is 15.9 Å². The Morgan fingerprint density at radius 3 is 3.06 bits per heavy atom. The zero-order chi connectivity index (χ0) is 13.0. The molecule has 1 saturated heterocycles. The maximum Gasteiger partial charge on any atom is 0.124 e. The molecule has 0 radical (unpaired) electrons. The lowest BCUT2D eigenvalue weighted by molar-refractivity contribution is 0.0805. The van der Waals surface area contributed by atoms with E-state index in [1.54, 1.807) is 7.11 Å². The molecule has 1 N–H and O–H groups in total. The summed E-state index contributed by atoms with van der Waals surface area (Å²) < 4.78 is 11.8. The number of rotatable bonds is 5. The molecule has 18 heavy (non-hydrogen) atoms. The summed E-state index contributed by atoms with van der Waals surface area (Å²) in [7, 11) is 1.62. The topological polar surface area (TPSA) is 38.7 Å². The second kappa shape index (κ2) is 6.55. The molecule has 1 aromatic carbocycles. The highest BCUT2D eigenvalue weighted by Crippen LogP contribution is 2.32. The number of halogens is 1. The molecule has 1 aliphatic heterocycles. The molecule has 0 amide bonds. The van der Waals surface area contributed by atoms with E-state index in [1.807, 2.05) is 18.2 Å². The number of benzene rings is 1. The minimum absolute atomic E-state index is 0.317. The van der Waals surface area contributed by atoms with Crippen molar-refractivity contribution in [3.63, 3.8) is 0 Å². The van der Waals surface area contributed by atoms with Gasteiger partial charge in [-0.05, 0) is 43.9 Å². The molecule has 1 aliphatic rings. The third-order valence-corrected chi connectivity index (χ3v) is 3.83. The van der Waals surface area contributed by atoms with Gasteiger partial charge in [0.1, 0.15) is 5.75 Å². The average Bonchev–Trinajstić information content (AvgIpc) is 2.89. The maximum atomic E-state index is 10.3. The molecule has 0 aromatic heterocycles. The first-order valence-corrected chi connectivity index (χ1v) is 7.13. The summed E-state index contributed by atoms with van der Waals surface area (Å²) in [5.41, 5.74) is 0.838. The van der Waals surface area contributed by atoms with Gasteiger partial charge in [0.15, 0.2) is 0 Å². The van der Waals surface area contributed by atoms with Gasteiger partial charge in [-0.1, -0.05) is 15.9 Å². The zero-order valence-corrected chi connectivity index (χ0v) is 12.1. The van der Waals surface area contributed by atoms with Crippen LogP contribution in [0.4, 0.5) is 0 Å². The number of ether oxygens (including phenoxy) is 2. The molecular formula is C14H19BrO3. The van der Waals surface area contributed by atoms with Crippen LogP contribution in [0.2, 0.25) is 0 Å². The molecule has 2 unspecified atom stereocenters. The Morgan fingerprint density at radius 2 is 2.39 bits per heavy atom. The van der Waals surface area contributed by atoms with Crippen LogP contribution in [0.25, 0.3) is 0 Å². The van der Waals surface area contributed by atoms with Crippen LogP contribution in [-0.4, -0.2) is 24.9 Å². The van der Waals surface area contributed by atoms with E-state index in [1.165, 1.54) is 0 Å². The third kappa shape index (κ3) is 3.46. The minimum atomic E-state index is -0.498. The van der Waals surface area contributed by atoms with Crippen LogP contribution >= 0.6 is 15.9 Å². The van der Waals surface area contributed by atoms with Crippen LogP contribution in [0, 0.1) is 0 Å². The molecule has 0 bridgehead atoms. The second-order valence-corrected chi connectivity index (χ2v) is 5.53. The van der Waals surface area contributed by atoms with Gasteiger partial charge in [-0.2, -0.15) is 0 Å². The summed E-state index contributed by atoms with van der Waals surface area (Å²) >= 11 is 3.42. The molecule has 1 fully saturated rings. The fourth-order valence-electron chi connectivity index (χ4n) is 2.34. The van der Waals surface area contributed by atoms with E-state index >= 15 is 0 Å². The molecular weight excluding hydrogens is 296 g/mol. The highest BCUT2D eigenvalue weighted by atomic mass is 79.9. The predicted molar refractivity (Wildman–Crippen MR) is 73.9 cm³/mol. The Labute approximate surface area is 116 Å².